The van der Waals surface area contributed by atoms with Crippen LogP contribution in [-0.4, -0.2) is 190 Å². The first-order valence-electron chi connectivity index (χ1n) is 54.9. The standard InChI is InChI=1S/C8H17N.C7H16N2.C7H15NO.2C6H12.C5H11N.C5H10O.C5H10.C4H10N2.C4H9NO.C4H8O.7C4H10.11C2H6/c1-8(2)9-6-4-3-5-7-9;1-7(2)9-5-3-8-4-6-9;1-7(2)8-3-5-9-6-4-8;1-5(2)6-3-4-6;3*1-2-4-6-5-3-1;1-2-4-5-3-1;1-2-6-4-3-5-1;1-3-6-4-2-5-1;1-2-4-5-3-1;7*1-4(2)3;11*1-2/h8H,3-7H2,1-2H3;7-8H,3-6H2,1-2H3;7H,3-6H2,1-2H3;5-6H,3-4H2,1-2H3;1-6H2;6H,1-5H2;1-5H2;1-5H2;5-6H,1-4H2;5H,1-4H2;1-4H2;7*4H,1-3H3;11*1-2H3. The molecule has 12 heteroatoms. The number of hydrogen-bond donors (Lipinski definition) is 5. The molecule has 0 bridgehead atoms. The fourth-order valence-electron chi connectivity index (χ4n) is 9.55. The molecule has 0 atom stereocenters. The molecule has 0 unspecified atom stereocenters. The number of ether oxygens (including phenoxy) is 4. The molecule has 0 aromatic rings. The van der Waals surface area contributed by atoms with E-state index in [2.05, 4.69) is 242 Å². The number of piperazine rings is 2. The molecule has 11 aliphatic rings. The molecule has 8 heterocycles. The van der Waals surface area contributed by atoms with Gasteiger partial charge in [0, 0.05) is 123 Å². The van der Waals surface area contributed by atoms with Crippen LogP contribution in [0.1, 0.15) is 507 Å². The van der Waals surface area contributed by atoms with Gasteiger partial charge in [0.05, 0.1) is 26.4 Å². The molecule has 8 saturated heterocycles. The molecular formula is C111H266N8O4. The van der Waals surface area contributed by atoms with Crippen molar-refractivity contribution in [1.82, 2.24) is 41.3 Å². The summed E-state index contributed by atoms with van der Waals surface area (Å²) in [7, 11) is 0. The second-order valence-electron chi connectivity index (χ2n) is 35.1. The van der Waals surface area contributed by atoms with E-state index >= 15 is 0 Å². The van der Waals surface area contributed by atoms with Crippen molar-refractivity contribution < 1.29 is 18.9 Å². The molecule has 5 N–H and O–H groups in total. The summed E-state index contributed by atoms with van der Waals surface area (Å²) in [4.78, 5) is 7.49. The van der Waals surface area contributed by atoms with Crippen LogP contribution in [0.4, 0.5) is 0 Å². The summed E-state index contributed by atoms with van der Waals surface area (Å²) in [5.41, 5.74) is 0. The third kappa shape index (κ3) is 255. The van der Waals surface area contributed by atoms with Crippen LogP contribution in [0.5, 0.6) is 0 Å². The maximum absolute atomic E-state index is 5.21. The van der Waals surface area contributed by atoms with Crippen LogP contribution in [0.3, 0.4) is 0 Å². The number of nitrogens with one attached hydrogen (secondary N) is 5. The molecule has 11 rings (SSSR count). The number of likely N-dealkylation sites (tertiary alicyclic amines) is 1. The summed E-state index contributed by atoms with van der Waals surface area (Å²) >= 11 is 0. The molecule has 8 aliphatic heterocycles. The second-order valence-corrected chi connectivity index (χ2v) is 35.1. The van der Waals surface area contributed by atoms with E-state index in [4.69, 9.17) is 18.9 Å². The SMILES string of the molecule is C1CCCC1.C1CCCCC1.C1CCNCC1.C1CCOC1.C1CCOCC1.C1CNCCN1.C1COCCN1.CC.CC.CC.CC.CC.CC.CC.CC.CC.CC.CC.CC(C)C.CC(C)C.CC(C)C.CC(C)C.CC(C)C.CC(C)C.CC(C)C.CC(C)C1CC1.CC(C)N1CCCCC1.CC(C)N1CCNCC1.CC(C)N1CCOCC1. The van der Waals surface area contributed by atoms with Gasteiger partial charge >= 0.3 is 0 Å². The predicted octanol–water partition coefficient (Wildman–Crippen LogP) is 33.7. The lowest BCUT2D eigenvalue weighted by molar-refractivity contribution is 0.0238. The maximum atomic E-state index is 5.21. The molecule has 0 radical (unpaired) electrons. The topological polar surface area (TPSA) is 107 Å². The fraction of sp³-hybridized carbons (Fsp3) is 1.00. The highest BCUT2D eigenvalue weighted by atomic mass is 16.5. The molecule has 11 fully saturated rings. The van der Waals surface area contributed by atoms with Crippen LogP contribution in [0.15, 0.2) is 0 Å². The Bertz CT molecular complexity index is 1070. The minimum atomic E-state index is 0.689. The van der Waals surface area contributed by atoms with E-state index in [1.165, 1.54) is 193 Å². The normalized spacial score (nSPS) is 16.5. The quantitative estimate of drug-likeness (QED) is 0.185. The van der Waals surface area contributed by atoms with Gasteiger partial charge in [-0.25, -0.2) is 0 Å². The zero-order valence-electron chi connectivity index (χ0n) is 97.3. The third-order valence-electron chi connectivity index (χ3n) is 15.0. The molecular weight excluding hydrogens is 1510 g/mol. The summed E-state index contributed by atoms with van der Waals surface area (Å²) < 4.78 is 20.2. The second kappa shape index (κ2) is 171. The van der Waals surface area contributed by atoms with Gasteiger partial charge in [-0.2, -0.15) is 0 Å². The monoisotopic (exact) mass is 1780 g/mol. The summed E-state index contributed by atoms with van der Waals surface area (Å²) in [6.45, 7) is 134. The van der Waals surface area contributed by atoms with E-state index < -0.39 is 0 Å². The first-order valence-corrected chi connectivity index (χ1v) is 54.9. The molecule has 3 saturated carbocycles. The zero-order valence-corrected chi connectivity index (χ0v) is 97.3. The summed E-state index contributed by atoms with van der Waals surface area (Å²) in [5, 5.41) is 16.2. The molecule has 0 spiro atoms. The van der Waals surface area contributed by atoms with Gasteiger partial charge in [-0.1, -0.05) is 395 Å². The van der Waals surface area contributed by atoms with Gasteiger partial charge in [-0.3, -0.25) is 9.80 Å². The van der Waals surface area contributed by atoms with Gasteiger partial charge in [-0.05, 0) is 192 Å². The van der Waals surface area contributed by atoms with Gasteiger partial charge in [-0.15, -0.1) is 0 Å². The van der Waals surface area contributed by atoms with Crippen LogP contribution in [0, 0.1) is 53.3 Å². The van der Waals surface area contributed by atoms with Gasteiger partial charge in [0.2, 0.25) is 0 Å². The number of hydrogen-bond acceptors (Lipinski definition) is 12. The average Bonchev–Trinajstić information content (AvgIpc) is 1.23. The molecule has 0 aromatic heterocycles. The van der Waals surface area contributed by atoms with E-state index in [9.17, 15) is 0 Å². The van der Waals surface area contributed by atoms with Gasteiger partial charge < -0.3 is 50.4 Å². The van der Waals surface area contributed by atoms with Crippen molar-refractivity contribution >= 4 is 0 Å². The van der Waals surface area contributed by atoms with E-state index in [0.717, 1.165) is 184 Å². The van der Waals surface area contributed by atoms with E-state index in [0.29, 0.717) is 6.04 Å². The molecule has 12 nitrogen and oxygen atoms in total. The highest BCUT2D eigenvalue weighted by Gasteiger charge is 2.24. The van der Waals surface area contributed by atoms with Crippen LogP contribution in [0.25, 0.3) is 0 Å². The summed E-state index contributed by atoms with van der Waals surface area (Å²) in [6, 6.07) is 2.19. The smallest absolute Gasteiger partial charge is 0.0594 e. The highest BCUT2D eigenvalue weighted by molar-refractivity contribution is 4.75. The van der Waals surface area contributed by atoms with Crippen LogP contribution in [0.2, 0.25) is 0 Å². The van der Waals surface area contributed by atoms with Crippen LogP contribution < -0.4 is 26.6 Å². The summed E-state index contributed by atoms with van der Waals surface area (Å²) in [6.07, 6.45) is 34.5. The number of morpholine rings is 2. The van der Waals surface area contributed by atoms with Crippen LogP contribution >= 0.6 is 0 Å². The van der Waals surface area contributed by atoms with Crippen molar-refractivity contribution in [3.8, 4) is 0 Å². The minimum Gasteiger partial charge on any atom is -0.381 e. The Labute approximate surface area is 791 Å². The number of rotatable bonds is 4. The summed E-state index contributed by atoms with van der Waals surface area (Å²) in [5.74, 6) is 7.90. The van der Waals surface area contributed by atoms with Gasteiger partial charge in [0.15, 0.2) is 0 Å². The predicted molar refractivity (Wildman–Crippen MR) is 585 cm³/mol. The Morgan fingerprint density at radius 3 is 0.463 bits per heavy atom. The Hall–Kier alpha value is -0.480. The van der Waals surface area contributed by atoms with Crippen LogP contribution in [-0.2, 0) is 18.9 Å². The Morgan fingerprint density at radius 1 is 0.171 bits per heavy atom. The van der Waals surface area contributed by atoms with E-state index in [1.807, 2.05) is 152 Å². The molecule has 774 valence electrons. The zero-order chi connectivity index (χ0) is 100.0. The third-order valence-corrected chi connectivity index (χ3v) is 15.0. The van der Waals surface area contributed by atoms with Crippen molar-refractivity contribution in [1.29, 1.82) is 0 Å². The lowest BCUT2D eigenvalue weighted by Gasteiger charge is -2.30. The van der Waals surface area contributed by atoms with Gasteiger partial charge in [0.25, 0.3) is 0 Å². The molecule has 0 amide bonds. The largest absolute Gasteiger partial charge is 0.381 e. The molecule has 123 heavy (non-hydrogen) atoms. The number of piperidine rings is 2. The van der Waals surface area contributed by atoms with Crippen molar-refractivity contribution in [2.75, 3.05) is 158 Å². The molecule has 3 aliphatic carbocycles. The average molecular weight is 1780 g/mol. The Balaban J connectivity index is -0.0000000588. The minimum absolute atomic E-state index is 0.689. The Morgan fingerprint density at radius 2 is 0.341 bits per heavy atom. The van der Waals surface area contributed by atoms with Crippen molar-refractivity contribution in [3.63, 3.8) is 0 Å². The lowest BCUT2D eigenvalue weighted by Crippen LogP contribution is -2.46. The van der Waals surface area contributed by atoms with Gasteiger partial charge in [0.1, 0.15) is 0 Å². The lowest BCUT2D eigenvalue weighted by atomic mass is 10.0. The first kappa shape index (κ1) is 166. The first-order chi connectivity index (χ1) is 58.8. The van der Waals surface area contributed by atoms with Crippen molar-refractivity contribution in [2.45, 2.75) is 525 Å². The highest BCUT2D eigenvalue weighted by Crippen LogP contribution is 2.35. The number of nitrogens with zero attached hydrogens (tertiary/aromatic N) is 3. The van der Waals surface area contributed by atoms with E-state index in [-0.39, 0.29) is 0 Å². The van der Waals surface area contributed by atoms with E-state index in [1.54, 1.807) is 0 Å². The van der Waals surface area contributed by atoms with Crippen molar-refractivity contribution in [2.24, 2.45) is 53.3 Å². The molecule has 0 aromatic carbocycles. The maximum Gasteiger partial charge on any atom is 0.0594 e. The fourth-order valence-corrected chi connectivity index (χ4v) is 9.55. The Kier molecular flexibility index (Phi) is 231. The van der Waals surface area contributed by atoms with Crippen molar-refractivity contribution in [3.05, 3.63) is 0 Å².